The van der Waals surface area contributed by atoms with Gasteiger partial charge in [-0.05, 0) is 85.9 Å². The van der Waals surface area contributed by atoms with Gasteiger partial charge in [-0.1, -0.05) is 55.5 Å². The molecule has 8 rings (SSSR count). The monoisotopic (exact) mass is 1050 g/mol. The third kappa shape index (κ3) is 10.3. The highest BCUT2D eigenvalue weighted by Gasteiger charge is 2.80. The van der Waals surface area contributed by atoms with Crippen molar-refractivity contribution in [2.75, 3.05) is 39.5 Å². The van der Waals surface area contributed by atoms with E-state index in [-0.39, 0.29) is 49.8 Å². The van der Waals surface area contributed by atoms with Gasteiger partial charge in [0.15, 0.2) is 29.1 Å². The molecule has 74 heavy (non-hydrogen) atoms. The third-order valence-corrected chi connectivity index (χ3v) is 16.2. The average Bonchev–Trinajstić information content (AvgIpc) is 4.00. The van der Waals surface area contributed by atoms with Crippen LogP contribution < -0.4 is 26.0 Å². The first-order valence-corrected chi connectivity index (χ1v) is 24.8. The number of ether oxygens (including phenoxy) is 3. The molecule has 6 aliphatic rings. The molecule has 394 valence electrons. The number of imide groups is 1. The molecule has 2 aromatic rings. The number of Topliss-reactive ketones (excluding diaryl/α,β-unsaturated/α-hetero) is 1. The number of allylic oxidation sites excluding steroid dienone is 4. The van der Waals surface area contributed by atoms with Crippen LogP contribution in [0.15, 0.2) is 90.6 Å². The maximum absolute atomic E-state index is 18.0. The Morgan fingerprint density at radius 3 is 2.28 bits per heavy atom. The Labute approximate surface area is 426 Å². The van der Waals surface area contributed by atoms with Crippen LogP contribution in [-0.2, 0) is 63.8 Å². The maximum atomic E-state index is 18.0. The maximum Gasteiger partial charge on any atom is 0.253 e. The molecule has 2 aromatic carbocycles. The number of ketones is 2. The largest absolute Gasteiger partial charge is 0.390 e. The molecule has 2 heterocycles. The van der Waals surface area contributed by atoms with Crippen molar-refractivity contribution in [2.24, 2.45) is 22.7 Å². The number of nitrogens with one attached hydrogen (secondary N) is 5. The molecular formula is C51H55F3N6O13S. The first-order valence-electron chi connectivity index (χ1n) is 24.0. The number of nitrogens with zero attached hydrogens (tertiary/aromatic N) is 1. The van der Waals surface area contributed by atoms with Crippen molar-refractivity contribution in [1.29, 1.82) is 0 Å². The molecule has 23 heteroatoms. The zero-order valence-corrected chi connectivity index (χ0v) is 41.1. The van der Waals surface area contributed by atoms with Crippen LogP contribution >= 0.6 is 11.9 Å². The molecular weight excluding hydrogens is 994 g/mol. The minimum Gasteiger partial charge on any atom is -0.390 e. The second kappa shape index (κ2) is 21.7. The zero-order chi connectivity index (χ0) is 53.2. The van der Waals surface area contributed by atoms with Crippen molar-refractivity contribution in [2.45, 2.75) is 87.1 Å². The van der Waals surface area contributed by atoms with Crippen molar-refractivity contribution in [3.8, 4) is 0 Å². The van der Waals surface area contributed by atoms with Crippen molar-refractivity contribution >= 4 is 64.9 Å². The van der Waals surface area contributed by atoms with Gasteiger partial charge >= 0.3 is 0 Å². The molecule has 1 saturated heterocycles. The lowest BCUT2D eigenvalue weighted by Crippen LogP contribution is -2.70. The van der Waals surface area contributed by atoms with Crippen LogP contribution in [0.25, 0.3) is 0 Å². The number of benzene rings is 2. The highest BCUT2D eigenvalue weighted by atomic mass is 32.2. The summed E-state index contributed by atoms with van der Waals surface area (Å²) in [5, 5.41) is 20.6. The summed E-state index contributed by atoms with van der Waals surface area (Å²) in [5.41, 5.74) is -6.56. The predicted octanol–water partition coefficient (Wildman–Crippen LogP) is 1.61. The smallest absolute Gasteiger partial charge is 0.253 e. The molecule has 4 fully saturated rings. The Morgan fingerprint density at radius 2 is 1.55 bits per heavy atom. The van der Waals surface area contributed by atoms with Crippen molar-refractivity contribution in [1.82, 2.24) is 30.9 Å². The van der Waals surface area contributed by atoms with Crippen LogP contribution in [0.5, 0.6) is 0 Å². The number of hydrogen-bond donors (Lipinski definition) is 6. The van der Waals surface area contributed by atoms with Gasteiger partial charge in [-0.3, -0.25) is 52.8 Å². The van der Waals surface area contributed by atoms with E-state index in [9.17, 15) is 52.6 Å². The molecule has 7 amide bonds. The summed E-state index contributed by atoms with van der Waals surface area (Å²) in [4.78, 5) is 115. The highest BCUT2D eigenvalue weighted by molar-refractivity contribution is 7.99. The summed E-state index contributed by atoms with van der Waals surface area (Å²) in [6.07, 6.45) is -1.01. The fraction of sp³-hybridized carbons (Fsp3) is 0.471. The third-order valence-electron chi connectivity index (χ3n) is 15.2. The Hall–Kier alpha value is -6.53. The Balaban J connectivity index is 0.848. The fourth-order valence-electron chi connectivity index (χ4n) is 11.5. The standard InChI is InChI=1S/C51H55F3N6O13S/c1-48-15-13-31(61)19-34(48)35(53)20-33-32-21-39-51(49(32,2)22-37(62)50(33,48)54,73-47(72-39)29-9-6-10-30(52)18-29)38(63)26-71-27-58-42(66)24-57-46(70)36(17-28-7-4-3-5-8-28)74-59-43(67)25-56-41(65)23-55-40(64)14-16-60-44(68)11-12-45(60)69/h3-13,15,18-19,32-33,35-37,39,47,62H,14,16-17,20-27H2,1-2H3,(H,55,64)(H,56,65)(H,57,70)(H,58,66)(H,59,67)/t32-,33-,35-,36-,37-,39+,47+,48-,49-,50-,51+/m0/s1. The van der Waals surface area contributed by atoms with Gasteiger partial charge in [0, 0.05) is 47.4 Å². The highest BCUT2D eigenvalue weighted by Crippen LogP contribution is 2.72. The van der Waals surface area contributed by atoms with Crippen LogP contribution in [-0.4, -0.2) is 137 Å². The Morgan fingerprint density at radius 1 is 0.865 bits per heavy atom. The van der Waals surface area contributed by atoms with Gasteiger partial charge < -0.3 is 40.6 Å². The number of hydrogen-bond acceptors (Lipinski definition) is 14. The van der Waals surface area contributed by atoms with Gasteiger partial charge in [0.2, 0.25) is 29.5 Å². The van der Waals surface area contributed by atoms with E-state index in [1.165, 1.54) is 31.2 Å². The van der Waals surface area contributed by atoms with Gasteiger partial charge in [0.05, 0.1) is 31.8 Å². The molecule has 11 atom stereocenters. The zero-order valence-electron chi connectivity index (χ0n) is 40.2. The number of aliphatic hydroxyl groups excluding tert-OH is 1. The summed E-state index contributed by atoms with van der Waals surface area (Å²) in [6.45, 7) is 0.132. The lowest BCUT2D eigenvalue weighted by atomic mass is 9.44. The molecule has 4 aliphatic carbocycles. The molecule has 6 N–H and O–H groups in total. The lowest BCUT2D eigenvalue weighted by Gasteiger charge is -2.63. The fourth-order valence-corrected chi connectivity index (χ4v) is 12.4. The first kappa shape index (κ1) is 53.8. The molecule has 0 aromatic heterocycles. The van der Waals surface area contributed by atoms with Crippen LogP contribution in [0.4, 0.5) is 13.2 Å². The van der Waals surface area contributed by atoms with E-state index in [1.807, 2.05) is 0 Å². The number of carbonyl (C=O) groups excluding carboxylic acids is 9. The van der Waals surface area contributed by atoms with Gasteiger partial charge in [-0.25, -0.2) is 13.2 Å². The second-order valence-electron chi connectivity index (χ2n) is 19.5. The molecule has 0 spiro atoms. The topological polar surface area (TPSA) is 265 Å². The molecule has 19 nitrogen and oxygen atoms in total. The van der Waals surface area contributed by atoms with Crippen molar-refractivity contribution < 1.29 is 75.6 Å². The first-order chi connectivity index (χ1) is 35.2. The number of halogens is 3. The number of alkyl halides is 2. The second-order valence-corrected chi connectivity index (χ2v) is 20.5. The van der Waals surface area contributed by atoms with E-state index in [4.69, 9.17) is 14.2 Å². The van der Waals surface area contributed by atoms with Gasteiger partial charge in [0.1, 0.15) is 30.6 Å². The number of aliphatic hydroxyl groups is 1. The average molecular weight is 1050 g/mol. The Kier molecular flexibility index (Phi) is 15.8. The number of carbonyl (C=O) groups is 9. The summed E-state index contributed by atoms with van der Waals surface area (Å²) in [6, 6.07) is 14.2. The normalized spacial score (nSPS) is 30.8. The molecule has 0 radical (unpaired) electrons. The van der Waals surface area contributed by atoms with Crippen LogP contribution in [0.1, 0.15) is 56.9 Å². The number of amides is 7. The van der Waals surface area contributed by atoms with Crippen molar-refractivity contribution in [3.63, 3.8) is 0 Å². The summed E-state index contributed by atoms with van der Waals surface area (Å²) in [7, 11) is 0. The van der Waals surface area contributed by atoms with E-state index >= 15 is 8.78 Å². The minimum atomic E-state index is -2.45. The molecule has 3 saturated carbocycles. The van der Waals surface area contributed by atoms with Crippen LogP contribution in [0.3, 0.4) is 0 Å². The van der Waals surface area contributed by atoms with Gasteiger partial charge in [-0.2, -0.15) is 0 Å². The van der Waals surface area contributed by atoms with Gasteiger partial charge in [0.25, 0.3) is 11.8 Å². The summed E-state index contributed by atoms with van der Waals surface area (Å²) in [5.74, 6) is -8.26. The summed E-state index contributed by atoms with van der Waals surface area (Å²) < 4.78 is 69.7. The summed E-state index contributed by atoms with van der Waals surface area (Å²) >= 11 is 0.730. The van der Waals surface area contributed by atoms with Gasteiger partial charge in [-0.15, -0.1) is 0 Å². The van der Waals surface area contributed by atoms with E-state index in [0.29, 0.717) is 0 Å². The van der Waals surface area contributed by atoms with Crippen LogP contribution in [0.2, 0.25) is 0 Å². The Bertz CT molecular complexity index is 2700. The van der Waals surface area contributed by atoms with Crippen LogP contribution in [0, 0.1) is 28.5 Å². The lowest BCUT2D eigenvalue weighted by molar-refractivity contribution is -0.235. The van der Waals surface area contributed by atoms with E-state index in [2.05, 4.69) is 26.0 Å². The van der Waals surface area contributed by atoms with E-state index in [0.717, 1.165) is 46.7 Å². The number of fused-ring (bicyclic) bond motifs is 7. The quantitative estimate of drug-likeness (QED) is 0.0477. The van der Waals surface area contributed by atoms with E-state index < -0.39 is 156 Å². The van der Waals surface area contributed by atoms with E-state index in [1.54, 1.807) is 43.3 Å². The predicted molar refractivity (Wildman–Crippen MR) is 255 cm³/mol. The minimum absolute atomic E-state index is 0.00116. The molecule has 0 unspecified atom stereocenters. The molecule has 0 bridgehead atoms. The number of rotatable bonds is 20. The SMILES string of the molecule is C[C@]12C=CC(=O)C=C1[C@@H](F)C[C@H]1[C@@H]3C[C@H]4O[C@@H](c5cccc(F)c5)O[C@@]4(C(=O)COCNC(=O)CNC(=O)[C@H](Cc4ccccc4)SNC(=O)CNC(=O)CNC(=O)CCN4C(=O)C=CC4=O)[C@@]3(C)C[C@H](O)[C@@]12F. The van der Waals surface area contributed by atoms with Crippen molar-refractivity contribution in [3.05, 3.63) is 107 Å². The molecule has 2 aliphatic heterocycles.